The molecule has 0 amide bonds. The number of aromatic nitrogens is 1. The molecule has 0 saturated carbocycles. The minimum atomic E-state index is 0.171. The van der Waals surface area contributed by atoms with E-state index in [2.05, 4.69) is 45.3 Å². The molecule has 1 heterocycles. The van der Waals surface area contributed by atoms with Crippen LogP contribution in [-0.4, -0.2) is 18.6 Å². The quantitative estimate of drug-likeness (QED) is 0.872. The van der Waals surface area contributed by atoms with E-state index in [-0.39, 0.29) is 5.41 Å². The summed E-state index contributed by atoms with van der Waals surface area (Å²) in [6.45, 7) is 12.2. The van der Waals surface area contributed by atoms with Gasteiger partial charge in [0.15, 0.2) is 0 Å². The molecule has 92 valence electrons. The Morgan fingerprint density at radius 2 is 2.00 bits per heavy atom. The highest BCUT2D eigenvalue weighted by molar-refractivity contribution is 7.09. The van der Waals surface area contributed by atoms with Gasteiger partial charge in [-0.2, -0.15) is 0 Å². The standard InChI is InChI=1S/C13H24N2S/c1-9(2)10(7-14-6)11-8-16-12(15-11)13(3,4)5/h8-10,14H,7H2,1-6H3. The van der Waals surface area contributed by atoms with Crippen molar-refractivity contribution >= 4 is 11.3 Å². The molecule has 2 nitrogen and oxygen atoms in total. The predicted molar refractivity (Wildman–Crippen MR) is 72.3 cm³/mol. The van der Waals surface area contributed by atoms with E-state index in [9.17, 15) is 0 Å². The molecule has 0 radical (unpaired) electrons. The van der Waals surface area contributed by atoms with Gasteiger partial charge < -0.3 is 5.32 Å². The van der Waals surface area contributed by atoms with E-state index in [1.165, 1.54) is 10.7 Å². The summed E-state index contributed by atoms with van der Waals surface area (Å²) in [7, 11) is 2.01. The second-order valence-corrected chi connectivity index (χ2v) is 6.59. The lowest BCUT2D eigenvalue weighted by Crippen LogP contribution is -2.22. The summed E-state index contributed by atoms with van der Waals surface area (Å²) >= 11 is 1.79. The second-order valence-electron chi connectivity index (χ2n) is 5.74. The molecule has 1 rings (SSSR count). The van der Waals surface area contributed by atoms with Crippen LogP contribution < -0.4 is 5.32 Å². The molecule has 3 heteroatoms. The van der Waals surface area contributed by atoms with E-state index >= 15 is 0 Å². The van der Waals surface area contributed by atoms with Crippen molar-refractivity contribution in [3.8, 4) is 0 Å². The van der Waals surface area contributed by atoms with Gasteiger partial charge in [-0.1, -0.05) is 34.6 Å². The van der Waals surface area contributed by atoms with Gasteiger partial charge in [0.25, 0.3) is 0 Å². The maximum Gasteiger partial charge on any atom is 0.0982 e. The van der Waals surface area contributed by atoms with Gasteiger partial charge in [-0.05, 0) is 13.0 Å². The van der Waals surface area contributed by atoms with Gasteiger partial charge in [-0.15, -0.1) is 11.3 Å². The first-order chi connectivity index (χ1) is 7.36. The molecule has 0 aliphatic rings. The Morgan fingerprint density at radius 1 is 1.38 bits per heavy atom. The highest BCUT2D eigenvalue weighted by Crippen LogP contribution is 2.30. The van der Waals surface area contributed by atoms with Crippen LogP contribution in [0.5, 0.6) is 0 Å². The molecule has 1 aromatic rings. The number of thiazole rings is 1. The summed E-state index contributed by atoms with van der Waals surface area (Å²) in [6.07, 6.45) is 0. The Balaban J connectivity index is 2.90. The first kappa shape index (κ1) is 13.7. The topological polar surface area (TPSA) is 24.9 Å². The normalized spacial score (nSPS) is 14.4. The van der Waals surface area contributed by atoms with Gasteiger partial charge in [0, 0.05) is 23.3 Å². The van der Waals surface area contributed by atoms with E-state index in [4.69, 9.17) is 4.98 Å². The lowest BCUT2D eigenvalue weighted by Gasteiger charge is -2.19. The zero-order valence-electron chi connectivity index (χ0n) is 11.3. The third kappa shape index (κ3) is 3.29. The van der Waals surface area contributed by atoms with Crippen LogP contribution >= 0.6 is 11.3 Å². The molecular weight excluding hydrogens is 216 g/mol. The lowest BCUT2D eigenvalue weighted by molar-refractivity contribution is 0.467. The number of nitrogens with zero attached hydrogens (tertiary/aromatic N) is 1. The smallest absolute Gasteiger partial charge is 0.0982 e. The van der Waals surface area contributed by atoms with Crippen molar-refractivity contribution in [2.45, 2.75) is 46.0 Å². The first-order valence-electron chi connectivity index (χ1n) is 5.96. The Bertz CT molecular complexity index is 323. The first-order valence-corrected chi connectivity index (χ1v) is 6.84. The molecule has 1 N–H and O–H groups in total. The zero-order chi connectivity index (χ0) is 12.3. The van der Waals surface area contributed by atoms with Crippen LogP contribution in [0.15, 0.2) is 5.38 Å². The minimum absolute atomic E-state index is 0.171. The Labute approximate surface area is 103 Å². The van der Waals surface area contributed by atoms with E-state index < -0.39 is 0 Å². The van der Waals surface area contributed by atoms with Crippen molar-refractivity contribution in [3.05, 3.63) is 16.1 Å². The maximum atomic E-state index is 4.80. The molecule has 0 aliphatic carbocycles. The number of hydrogen-bond acceptors (Lipinski definition) is 3. The molecule has 0 bridgehead atoms. The van der Waals surface area contributed by atoms with Crippen LogP contribution in [0.2, 0.25) is 0 Å². The van der Waals surface area contributed by atoms with Gasteiger partial charge in [-0.3, -0.25) is 0 Å². The highest BCUT2D eigenvalue weighted by atomic mass is 32.1. The van der Waals surface area contributed by atoms with Crippen LogP contribution in [0.3, 0.4) is 0 Å². The largest absolute Gasteiger partial charge is 0.319 e. The number of rotatable bonds is 4. The van der Waals surface area contributed by atoms with Crippen molar-refractivity contribution in [2.24, 2.45) is 5.92 Å². The van der Waals surface area contributed by atoms with Gasteiger partial charge in [0.2, 0.25) is 0 Å². The van der Waals surface area contributed by atoms with E-state index in [1.807, 2.05) is 7.05 Å². The summed E-state index contributed by atoms with van der Waals surface area (Å²) < 4.78 is 0. The third-order valence-corrected chi connectivity index (χ3v) is 4.06. The van der Waals surface area contributed by atoms with Crippen LogP contribution in [0.1, 0.15) is 51.2 Å². The van der Waals surface area contributed by atoms with Crippen LogP contribution in [-0.2, 0) is 5.41 Å². The van der Waals surface area contributed by atoms with Crippen molar-refractivity contribution in [2.75, 3.05) is 13.6 Å². The van der Waals surface area contributed by atoms with E-state index in [0.717, 1.165) is 6.54 Å². The molecule has 0 aliphatic heterocycles. The Kier molecular flexibility index (Phi) is 4.51. The van der Waals surface area contributed by atoms with Crippen molar-refractivity contribution in [1.82, 2.24) is 10.3 Å². The molecule has 16 heavy (non-hydrogen) atoms. The van der Waals surface area contributed by atoms with Crippen molar-refractivity contribution in [1.29, 1.82) is 0 Å². The summed E-state index contributed by atoms with van der Waals surface area (Å²) in [5.41, 5.74) is 1.42. The summed E-state index contributed by atoms with van der Waals surface area (Å²) in [5.74, 6) is 1.15. The fourth-order valence-electron chi connectivity index (χ4n) is 1.70. The van der Waals surface area contributed by atoms with Gasteiger partial charge in [0.05, 0.1) is 10.7 Å². The lowest BCUT2D eigenvalue weighted by atomic mass is 9.92. The Hall–Kier alpha value is -0.410. The molecule has 0 fully saturated rings. The monoisotopic (exact) mass is 240 g/mol. The van der Waals surface area contributed by atoms with Crippen LogP contribution in [0, 0.1) is 5.92 Å². The van der Waals surface area contributed by atoms with Gasteiger partial charge in [0.1, 0.15) is 0 Å². The van der Waals surface area contributed by atoms with Crippen LogP contribution in [0.25, 0.3) is 0 Å². The molecule has 1 aromatic heterocycles. The molecular formula is C13H24N2S. The van der Waals surface area contributed by atoms with E-state index in [0.29, 0.717) is 11.8 Å². The number of hydrogen-bond donors (Lipinski definition) is 1. The highest BCUT2D eigenvalue weighted by Gasteiger charge is 2.22. The average molecular weight is 240 g/mol. The van der Waals surface area contributed by atoms with Gasteiger partial charge in [-0.25, -0.2) is 4.98 Å². The minimum Gasteiger partial charge on any atom is -0.319 e. The van der Waals surface area contributed by atoms with E-state index in [1.54, 1.807) is 11.3 Å². The SMILES string of the molecule is CNCC(c1csc(C(C)(C)C)n1)C(C)C. The molecule has 1 unspecified atom stereocenters. The third-order valence-electron chi connectivity index (χ3n) is 2.77. The zero-order valence-corrected chi connectivity index (χ0v) is 12.1. The van der Waals surface area contributed by atoms with Crippen molar-refractivity contribution in [3.63, 3.8) is 0 Å². The summed E-state index contributed by atoms with van der Waals surface area (Å²) in [6, 6.07) is 0. The second kappa shape index (κ2) is 5.28. The predicted octanol–water partition coefficient (Wildman–Crippen LogP) is 3.40. The molecule has 1 atom stereocenters. The summed E-state index contributed by atoms with van der Waals surface area (Å²) in [5, 5.41) is 6.73. The van der Waals surface area contributed by atoms with Crippen LogP contribution in [0.4, 0.5) is 0 Å². The average Bonchev–Trinajstić information content (AvgIpc) is 2.61. The molecule has 0 spiro atoms. The number of nitrogens with one attached hydrogen (secondary N) is 1. The Morgan fingerprint density at radius 3 is 2.38 bits per heavy atom. The van der Waals surface area contributed by atoms with Crippen molar-refractivity contribution < 1.29 is 0 Å². The fraction of sp³-hybridized carbons (Fsp3) is 0.769. The molecule has 0 aromatic carbocycles. The summed E-state index contributed by atoms with van der Waals surface area (Å²) in [4.78, 5) is 4.80. The number of likely N-dealkylation sites (N-methyl/N-ethyl adjacent to an activating group) is 1. The van der Waals surface area contributed by atoms with Gasteiger partial charge >= 0.3 is 0 Å². The molecule has 0 saturated heterocycles. The maximum absolute atomic E-state index is 4.80. The fourth-order valence-corrected chi connectivity index (χ4v) is 2.67.